The van der Waals surface area contributed by atoms with E-state index in [0.29, 0.717) is 0 Å². The summed E-state index contributed by atoms with van der Waals surface area (Å²) in [6.07, 6.45) is -20.7. The molecule has 2 fully saturated rings. The van der Waals surface area contributed by atoms with Crippen LogP contribution in [-0.4, -0.2) is 170 Å². The zero-order valence-electron chi connectivity index (χ0n) is 36.3. The summed E-state index contributed by atoms with van der Waals surface area (Å²) in [4.78, 5) is 96.6. The molecule has 2 aliphatic heterocycles. The fourth-order valence-electron chi connectivity index (χ4n) is 6.38. The summed E-state index contributed by atoms with van der Waals surface area (Å²) in [6.45, 7) is 7.58. The van der Waals surface area contributed by atoms with Crippen molar-refractivity contribution in [3.05, 3.63) is 0 Å². The number of hydrogen-bond donors (Lipinski definition) is 9. The summed E-state index contributed by atoms with van der Waals surface area (Å²) in [6, 6.07) is -3.43. The van der Waals surface area contributed by atoms with E-state index in [-0.39, 0.29) is 38.5 Å². The lowest BCUT2D eigenvalue weighted by Gasteiger charge is -2.46. The highest BCUT2D eigenvalue weighted by Gasteiger charge is 2.54. The van der Waals surface area contributed by atoms with Crippen molar-refractivity contribution in [2.45, 2.75) is 191 Å². The van der Waals surface area contributed by atoms with Gasteiger partial charge in [-0.15, -0.1) is 0 Å². The molecular formula is C38H65N2O22P. The molecule has 2 heterocycles. The van der Waals surface area contributed by atoms with Crippen molar-refractivity contribution in [3.8, 4) is 0 Å². The highest BCUT2D eigenvalue weighted by atomic mass is 31.2. The van der Waals surface area contributed by atoms with Gasteiger partial charge in [0.2, 0.25) is 11.8 Å². The van der Waals surface area contributed by atoms with Gasteiger partial charge >= 0.3 is 31.7 Å². The van der Waals surface area contributed by atoms with Crippen LogP contribution in [0.3, 0.4) is 0 Å². The van der Waals surface area contributed by atoms with E-state index in [4.69, 9.17) is 37.7 Å². The van der Waals surface area contributed by atoms with Gasteiger partial charge in [-0.3, -0.25) is 33.3 Å². The molecule has 2 amide bonds. The largest absolute Gasteiger partial charge is 0.470 e. The number of phosphoric acid groups is 1. The normalized spacial score (nSPS) is 28.1. The fraction of sp³-hybridized carbons (Fsp3) is 0.842. The Labute approximate surface area is 364 Å². The van der Waals surface area contributed by atoms with Gasteiger partial charge in [0.1, 0.15) is 48.7 Å². The Balaban J connectivity index is 2.59. The first-order valence-electron chi connectivity index (χ1n) is 21.0. The highest BCUT2D eigenvalue weighted by molar-refractivity contribution is 7.46. The SMILES string of the molecule is CCC(=O)O[C@H](CC)CC(=O)NC1[C@H](OCC2O[C@@H](O)C(NC(=O)C[C@H](O)CC)[C@@H](OC(=O)C[C@H](O)CC)[C@@H]2O)OC(CO)[C@@H](OP(=O)(O)O)[C@@H]1OC(=O)C[C@@H](CC)OC(=O)CC. The van der Waals surface area contributed by atoms with E-state index < -0.39 is 168 Å². The number of rotatable bonds is 26. The molecule has 9 N–H and O–H groups in total. The van der Waals surface area contributed by atoms with Gasteiger partial charge in [-0.05, 0) is 25.7 Å². The van der Waals surface area contributed by atoms with E-state index in [2.05, 4.69) is 10.6 Å². The van der Waals surface area contributed by atoms with Gasteiger partial charge in [-0.2, -0.15) is 0 Å². The number of carbonyl (C=O) groups is 6. The van der Waals surface area contributed by atoms with Crippen molar-refractivity contribution < 1.29 is 106 Å². The molecule has 0 radical (unpaired) electrons. The summed E-state index contributed by atoms with van der Waals surface area (Å²) in [5.41, 5.74) is 0. The monoisotopic (exact) mass is 932 g/mol. The molecule has 2 rings (SSSR count). The topological polar surface area (TPSA) is 359 Å². The Morgan fingerprint density at radius 2 is 1.14 bits per heavy atom. The number of aliphatic hydroxyl groups is 5. The van der Waals surface area contributed by atoms with Crippen molar-refractivity contribution in [2.24, 2.45) is 0 Å². The van der Waals surface area contributed by atoms with E-state index in [1.807, 2.05) is 0 Å². The smallest absolute Gasteiger partial charge is 0.462 e. The Kier molecular flexibility index (Phi) is 24.0. The first-order chi connectivity index (χ1) is 29.6. The maximum absolute atomic E-state index is 13.6. The van der Waals surface area contributed by atoms with Gasteiger partial charge < -0.3 is 79.1 Å². The summed E-state index contributed by atoms with van der Waals surface area (Å²) in [5.74, 6) is -5.14. The second-order valence-corrected chi connectivity index (χ2v) is 16.2. The van der Waals surface area contributed by atoms with Crippen molar-refractivity contribution in [1.29, 1.82) is 0 Å². The standard InChI is InChI=1S/C38H65N2O22P/c1-7-19(42)13-25(44)39-31-35(60-29(48)14-20(43)8-2)33(50)24(58-37(31)51)18-55-38-32(40-26(45)15-21(9-3)56-27(46)11-5)36(34(23(17-41)59-38)62-63(52,53)54)61-30(49)16-22(10-4)57-28(47)12-6/h19-24,31-38,41-43,50-51H,7-18H2,1-6H3,(H,39,44)(H,40,45)(H2,52,53,54)/t19-,20-,21-,22-,23?,24?,31?,32?,33-,34-,35-,36-,37-,38-/m1/s1. The molecule has 0 aliphatic carbocycles. The molecule has 364 valence electrons. The molecule has 24 nitrogen and oxygen atoms in total. The summed E-state index contributed by atoms with van der Waals surface area (Å²) < 4.78 is 56.2. The van der Waals surface area contributed by atoms with Crippen LogP contribution in [0.4, 0.5) is 0 Å². The average molecular weight is 933 g/mol. The minimum absolute atomic E-state index is 0.0155. The first-order valence-corrected chi connectivity index (χ1v) is 22.5. The second-order valence-electron chi connectivity index (χ2n) is 15.0. The van der Waals surface area contributed by atoms with Crippen molar-refractivity contribution >= 4 is 43.5 Å². The molecular weight excluding hydrogens is 867 g/mol. The molecule has 0 aromatic heterocycles. The van der Waals surface area contributed by atoms with Crippen LogP contribution in [0.1, 0.15) is 106 Å². The van der Waals surface area contributed by atoms with Crippen LogP contribution in [0, 0.1) is 0 Å². The van der Waals surface area contributed by atoms with Gasteiger partial charge in [0, 0.05) is 12.8 Å². The van der Waals surface area contributed by atoms with Crippen molar-refractivity contribution in [1.82, 2.24) is 10.6 Å². The quantitative estimate of drug-likeness (QED) is 0.0275. The third-order valence-electron chi connectivity index (χ3n) is 10.1. The lowest BCUT2D eigenvalue weighted by Crippen LogP contribution is -2.68. The van der Waals surface area contributed by atoms with E-state index >= 15 is 0 Å². The molecule has 0 aromatic rings. The maximum Gasteiger partial charge on any atom is 0.470 e. The average Bonchev–Trinajstić information content (AvgIpc) is 3.22. The summed E-state index contributed by atoms with van der Waals surface area (Å²) in [7, 11) is -5.50. The minimum atomic E-state index is -5.50. The van der Waals surface area contributed by atoms with Crippen LogP contribution >= 0.6 is 7.82 Å². The number of esters is 4. The van der Waals surface area contributed by atoms with E-state index in [9.17, 15) is 68.7 Å². The zero-order chi connectivity index (χ0) is 47.6. The van der Waals surface area contributed by atoms with Crippen molar-refractivity contribution in [2.75, 3.05) is 13.2 Å². The Hall–Kier alpha value is -3.39. The Bertz CT molecular complexity index is 1530. The zero-order valence-corrected chi connectivity index (χ0v) is 37.2. The van der Waals surface area contributed by atoms with Gasteiger partial charge in [0.15, 0.2) is 24.8 Å². The minimum Gasteiger partial charge on any atom is -0.462 e. The van der Waals surface area contributed by atoms with Crippen LogP contribution < -0.4 is 10.6 Å². The fourth-order valence-corrected chi connectivity index (χ4v) is 6.95. The number of amides is 2. The molecule has 0 saturated carbocycles. The summed E-state index contributed by atoms with van der Waals surface area (Å²) in [5, 5.41) is 57.9. The van der Waals surface area contributed by atoms with Crippen LogP contribution in [0.25, 0.3) is 0 Å². The predicted octanol–water partition coefficient (Wildman–Crippen LogP) is -1.36. The molecule has 4 unspecified atom stereocenters. The molecule has 2 aliphatic rings. The number of nitrogens with one attached hydrogen (secondary N) is 2. The molecule has 0 bridgehead atoms. The van der Waals surface area contributed by atoms with Crippen LogP contribution in [0.2, 0.25) is 0 Å². The number of ether oxygens (including phenoxy) is 7. The maximum atomic E-state index is 13.6. The number of phosphoric ester groups is 1. The van der Waals surface area contributed by atoms with Gasteiger partial charge in [-0.1, -0.05) is 41.5 Å². The first kappa shape index (κ1) is 55.7. The number of aliphatic hydroxyl groups excluding tert-OH is 5. The third kappa shape index (κ3) is 18.6. The Morgan fingerprint density at radius 3 is 1.67 bits per heavy atom. The Morgan fingerprint density at radius 1 is 0.635 bits per heavy atom. The highest BCUT2D eigenvalue weighted by Crippen LogP contribution is 2.42. The van der Waals surface area contributed by atoms with E-state index in [0.717, 1.165) is 0 Å². The summed E-state index contributed by atoms with van der Waals surface area (Å²) >= 11 is 0. The van der Waals surface area contributed by atoms with Gasteiger partial charge in [0.05, 0.1) is 51.1 Å². The second kappa shape index (κ2) is 27.2. The van der Waals surface area contributed by atoms with Crippen molar-refractivity contribution in [3.63, 3.8) is 0 Å². The molecule has 0 aromatic carbocycles. The lowest BCUT2D eigenvalue weighted by atomic mass is 9.95. The molecule has 63 heavy (non-hydrogen) atoms. The number of hydrogen-bond acceptors (Lipinski definition) is 20. The van der Waals surface area contributed by atoms with Crippen LogP contribution in [-0.2, 0) is 71.0 Å². The predicted molar refractivity (Wildman–Crippen MR) is 211 cm³/mol. The molecule has 25 heteroatoms. The molecule has 14 atom stereocenters. The third-order valence-corrected chi connectivity index (χ3v) is 10.6. The molecule has 0 spiro atoms. The van der Waals surface area contributed by atoms with Gasteiger partial charge in [-0.25, -0.2) is 4.57 Å². The van der Waals surface area contributed by atoms with E-state index in [1.165, 1.54) is 13.8 Å². The number of carbonyl (C=O) groups excluding carboxylic acids is 6. The van der Waals surface area contributed by atoms with Gasteiger partial charge in [0.25, 0.3) is 0 Å². The van der Waals surface area contributed by atoms with E-state index in [1.54, 1.807) is 27.7 Å². The van der Waals surface area contributed by atoms with Crippen LogP contribution in [0.5, 0.6) is 0 Å². The van der Waals surface area contributed by atoms with Crippen LogP contribution in [0.15, 0.2) is 0 Å². The lowest BCUT2D eigenvalue weighted by molar-refractivity contribution is -0.298. The molecule has 2 saturated heterocycles.